The summed E-state index contributed by atoms with van der Waals surface area (Å²) in [5.74, 6) is -0.242. The summed E-state index contributed by atoms with van der Waals surface area (Å²) in [6.07, 6.45) is 0. The number of hydrazone groups is 1. The summed E-state index contributed by atoms with van der Waals surface area (Å²) < 4.78 is 28.8. The van der Waals surface area contributed by atoms with Crippen LogP contribution in [-0.2, 0) is 14.8 Å². The van der Waals surface area contributed by atoms with Crippen LogP contribution >= 0.6 is 15.9 Å². The van der Waals surface area contributed by atoms with Crippen LogP contribution in [0, 0.1) is 0 Å². The number of anilines is 1. The van der Waals surface area contributed by atoms with Crippen molar-refractivity contribution < 1.29 is 13.2 Å². The molecule has 1 N–H and O–H groups in total. The predicted molar refractivity (Wildman–Crippen MR) is 136 cm³/mol. The zero-order chi connectivity index (χ0) is 24.0. The molecule has 0 heterocycles. The molecule has 3 aromatic rings. The average molecular weight is 528 g/mol. The lowest BCUT2D eigenvalue weighted by Gasteiger charge is -2.24. The number of nitrogens with zero attached hydrogens (tertiary/aromatic N) is 2. The highest BCUT2D eigenvalue weighted by Crippen LogP contribution is 2.25. The van der Waals surface area contributed by atoms with E-state index in [9.17, 15) is 13.2 Å². The summed E-state index contributed by atoms with van der Waals surface area (Å²) in [7, 11) is -3.96. The molecular formula is C25H26BrN3O3S. The molecular weight excluding hydrogens is 502 g/mol. The molecule has 0 aliphatic rings. The number of hydrogen-bond donors (Lipinski definition) is 1. The summed E-state index contributed by atoms with van der Waals surface area (Å²) in [5, 5.41) is 4.15. The van der Waals surface area contributed by atoms with E-state index in [0.29, 0.717) is 17.3 Å². The third kappa shape index (κ3) is 6.30. The number of sulfonamides is 1. The van der Waals surface area contributed by atoms with E-state index in [1.54, 1.807) is 37.3 Å². The van der Waals surface area contributed by atoms with Crippen LogP contribution < -0.4 is 9.73 Å². The second-order valence-electron chi connectivity index (χ2n) is 7.81. The topological polar surface area (TPSA) is 78.8 Å². The van der Waals surface area contributed by atoms with E-state index in [1.165, 1.54) is 12.1 Å². The van der Waals surface area contributed by atoms with Crippen LogP contribution in [0.3, 0.4) is 0 Å². The monoisotopic (exact) mass is 527 g/mol. The van der Waals surface area contributed by atoms with Crippen molar-refractivity contribution in [2.45, 2.75) is 31.6 Å². The zero-order valence-electron chi connectivity index (χ0n) is 18.7. The van der Waals surface area contributed by atoms with Gasteiger partial charge in [-0.2, -0.15) is 5.10 Å². The number of amides is 1. The quantitative estimate of drug-likeness (QED) is 0.318. The minimum absolute atomic E-state index is 0.111. The normalized spacial score (nSPS) is 12.0. The lowest BCUT2D eigenvalue weighted by Crippen LogP contribution is -2.39. The highest BCUT2D eigenvalue weighted by atomic mass is 79.9. The van der Waals surface area contributed by atoms with Crippen LogP contribution in [-0.4, -0.2) is 26.6 Å². The second-order valence-corrected chi connectivity index (χ2v) is 10.6. The molecule has 33 heavy (non-hydrogen) atoms. The van der Waals surface area contributed by atoms with Crippen LogP contribution in [0.5, 0.6) is 0 Å². The first kappa shape index (κ1) is 24.7. The molecule has 3 rings (SSSR count). The first-order valence-electron chi connectivity index (χ1n) is 10.5. The molecule has 0 saturated heterocycles. The fraction of sp³-hybridized carbons (Fsp3) is 0.200. The Bertz CT molecular complexity index is 1240. The third-order valence-corrected chi connectivity index (χ3v) is 7.34. The number of rotatable bonds is 8. The Labute approximate surface area is 203 Å². The molecule has 172 valence electrons. The number of carbonyl (C=O) groups excluding carboxylic acids is 1. The highest BCUT2D eigenvalue weighted by Gasteiger charge is 2.27. The number of nitrogens with one attached hydrogen (secondary N) is 1. The molecule has 0 spiro atoms. The van der Waals surface area contributed by atoms with Gasteiger partial charge in [0.05, 0.1) is 16.3 Å². The van der Waals surface area contributed by atoms with Gasteiger partial charge in [-0.05, 0) is 60.4 Å². The van der Waals surface area contributed by atoms with Crippen molar-refractivity contribution in [3.05, 3.63) is 94.5 Å². The maximum absolute atomic E-state index is 13.4. The van der Waals surface area contributed by atoms with Gasteiger partial charge < -0.3 is 0 Å². The molecule has 3 aromatic carbocycles. The predicted octanol–water partition coefficient (Wildman–Crippen LogP) is 5.31. The van der Waals surface area contributed by atoms with Gasteiger partial charge >= 0.3 is 0 Å². The smallest absolute Gasteiger partial charge is 0.264 e. The van der Waals surface area contributed by atoms with E-state index in [0.717, 1.165) is 19.9 Å². The first-order valence-corrected chi connectivity index (χ1v) is 12.7. The van der Waals surface area contributed by atoms with Gasteiger partial charge in [0.1, 0.15) is 6.54 Å². The van der Waals surface area contributed by atoms with Crippen molar-refractivity contribution in [2.24, 2.45) is 5.10 Å². The maximum Gasteiger partial charge on any atom is 0.264 e. The number of benzene rings is 3. The standard InChI is InChI=1S/C25H26BrN3O3S/c1-18(2)20-12-14-23(15-13-20)29(33(31,32)24-10-5-4-6-11-24)17-25(30)28-27-19(3)21-8-7-9-22(26)16-21/h4-16,18H,17H2,1-3H3,(H,28,30)/b27-19-. The zero-order valence-corrected chi connectivity index (χ0v) is 21.1. The summed E-state index contributed by atoms with van der Waals surface area (Å²) in [4.78, 5) is 12.9. The molecule has 0 aromatic heterocycles. The van der Waals surface area contributed by atoms with Crippen LogP contribution in [0.2, 0.25) is 0 Å². The van der Waals surface area contributed by atoms with Crippen molar-refractivity contribution >= 4 is 43.3 Å². The average Bonchev–Trinajstić information content (AvgIpc) is 2.81. The van der Waals surface area contributed by atoms with Gasteiger partial charge in [-0.25, -0.2) is 13.8 Å². The van der Waals surface area contributed by atoms with Crippen molar-refractivity contribution in [2.75, 3.05) is 10.8 Å². The van der Waals surface area contributed by atoms with E-state index in [4.69, 9.17) is 0 Å². The van der Waals surface area contributed by atoms with Gasteiger partial charge in [-0.1, -0.05) is 72.2 Å². The van der Waals surface area contributed by atoms with E-state index in [1.807, 2.05) is 36.4 Å². The van der Waals surface area contributed by atoms with Gasteiger partial charge in [-0.3, -0.25) is 9.10 Å². The number of carbonyl (C=O) groups is 1. The molecule has 0 atom stereocenters. The second kappa shape index (κ2) is 10.8. The minimum Gasteiger partial charge on any atom is -0.271 e. The van der Waals surface area contributed by atoms with Crippen LogP contribution in [0.15, 0.2) is 93.3 Å². The van der Waals surface area contributed by atoms with E-state index >= 15 is 0 Å². The highest BCUT2D eigenvalue weighted by molar-refractivity contribution is 9.10. The Morgan fingerprint density at radius 3 is 2.27 bits per heavy atom. The largest absolute Gasteiger partial charge is 0.271 e. The van der Waals surface area contributed by atoms with E-state index < -0.39 is 22.5 Å². The van der Waals surface area contributed by atoms with Gasteiger partial charge in [-0.15, -0.1) is 0 Å². The summed E-state index contributed by atoms with van der Waals surface area (Å²) in [6.45, 7) is 5.48. The Morgan fingerprint density at radius 1 is 1.00 bits per heavy atom. The fourth-order valence-corrected chi connectivity index (χ4v) is 4.99. The minimum atomic E-state index is -3.96. The maximum atomic E-state index is 13.4. The fourth-order valence-electron chi connectivity index (χ4n) is 3.15. The lowest BCUT2D eigenvalue weighted by atomic mass is 10.0. The summed E-state index contributed by atoms with van der Waals surface area (Å²) in [5.41, 5.74) is 5.40. The van der Waals surface area contributed by atoms with Gasteiger partial charge in [0.15, 0.2) is 0 Å². The SMILES string of the molecule is C/C(=N/NC(=O)CN(c1ccc(C(C)C)cc1)S(=O)(=O)c1ccccc1)c1cccc(Br)c1. The van der Waals surface area contributed by atoms with Gasteiger partial charge in [0.2, 0.25) is 0 Å². The van der Waals surface area contributed by atoms with E-state index in [2.05, 4.69) is 40.3 Å². The number of halogens is 1. The Kier molecular flexibility index (Phi) is 8.05. The molecule has 1 amide bonds. The molecule has 8 heteroatoms. The molecule has 0 fully saturated rings. The van der Waals surface area contributed by atoms with Crippen molar-refractivity contribution in [1.82, 2.24) is 5.43 Å². The molecule has 0 saturated carbocycles. The van der Waals surface area contributed by atoms with Crippen LogP contribution in [0.4, 0.5) is 5.69 Å². The summed E-state index contributed by atoms with van der Waals surface area (Å²) >= 11 is 3.41. The molecule has 0 aliphatic carbocycles. The molecule has 0 radical (unpaired) electrons. The third-order valence-electron chi connectivity index (χ3n) is 5.06. The lowest BCUT2D eigenvalue weighted by molar-refractivity contribution is -0.119. The molecule has 0 unspecified atom stereocenters. The van der Waals surface area contributed by atoms with Crippen LogP contribution in [0.25, 0.3) is 0 Å². The first-order chi connectivity index (χ1) is 15.7. The van der Waals surface area contributed by atoms with Crippen LogP contribution in [0.1, 0.15) is 37.8 Å². The Hall–Kier alpha value is -2.97. The van der Waals surface area contributed by atoms with Crippen molar-refractivity contribution in [3.63, 3.8) is 0 Å². The van der Waals surface area contributed by atoms with Gasteiger partial charge in [0.25, 0.3) is 15.9 Å². The summed E-state index contributed by atoms with van der Waals surface area (Å²) in [6, 6.07) is 22.8. The van der Waals surface area contributed by atoms with E-state index in [-0.39, 0.29) is 4.90 Å². The molecule has 0 bridgehead atoms. The number of hydrogen-bond acceptors (Lipinski definition) is 4. The Balaban J connectivity index is 1.88. The van der Waals surface area contributed by atoms with Gasteiger partial charge in [0, 0.05) is 4.47 Å². The molecule has 6 nitrogen and oxygen atoms in total. The van der Waals surface area contributed by atoms with Crippen molar-refractivity contribution in [1.29, 1.82) is 0 Å². The molecule has 0 aliphatic heterocycles. The Morgan fingerprint density at radius 2 is 1.67 bits per heavy atom. The van der Waals surface area contributed by atoms with Crippen molar-refractivity contribution in [3.8, 4) is 0 Å².